The van der Waals surface area contributed by atoms with Crippen LogP contribution in [-0.4, -0.2) is 79.3 Å². The van der Waals surface area contributed by atoms with Crippen molar-refractivity contribution in [2.24, 2.45) is 5.92 Å². The van der Waals surface area contributed by atoms with Crippen molar-refractivity contribution in [3.8, 4) is 0 Å². The van der Waals surface area contributed by atoms with Crippen LogP contribution in [-0.2, 0) is 16.1 Å². The Morgan fingerprint density at radius 3 is 2.58 bits per heavy atom. The van der Waals surface area contributed by atoms with Gasteiger partial charge in [-0.1, -0.05) is 13.8 Å². The maximum absolute atomic E-state index is 12.5. The Morgan fingerprint density at radius 2 is 1.90 bits per heavy atom. The van der Waals surface area contributed by atoms with Crippen LogP contribution in [0.4, 0.5) is 10.5 Å². The van der Waals surface area contributed by atoms with Crippen LogP contribution >= 0.6 is 0 Å². The fourth-order valence-electron chi connectivity index (χ4n) is 3.94. The number of amides is 3. The average Bonchev–Trinajstić information content (AvgIpc) is 3.13. The van der Waals surface area contributed by atoms with Crippen molar-refractivity contribution in [1.29, 1.82) is 0 Å². The summed E-state index contributed by atoms with van der Waals surface area (Å²) < 4.78 is 7.38. The maximum atomic E-state index is 12.5. The van der Waals surface area contributed by atoms with Crippen LogP contribution in [0, 0.1) is 5.92 Å². The highest BCUT2D eigenvalue weighted by molar-refractivity contribution is 5.93. The summed E-state index contributed by atoms with van der Waals surface area (Å²) in [5, 5.41) is 6.96. The normalized spacial score (nSPS) is 15.8. The number of nitrogens with zero attached hydrogens (tertiary/aromatic N) is 3. The summed E-state index contributed by atoms with van der Waals surface area (Å²) in [6.45, 7) is 8.64. The van der Waals surface area contributed by atoms with Crippen molar-refractivity contribution < 1.29 is 14.3 Å². The molecule has 0 spiro atoms. The molecule has 3 amide bonds. The summed E-state index contributed by atoms with van der Waals surface area (Å²) in [6.07, 6.45) is 2.93. The molecule has 3 rings (SSSR count). The third-order valence-corrected chi connectivity index (χ3v) is 5.64. The van der Waals surface area contributed by atoms with Gasteiger partial charge in [-0.05, 0) is 36.6 Å². The van der Waals surface area contributed by atoms with E-state index in [0.717, 1.165) is 49.3 Å². The standard InChI is InChI=1S/C23H35N5O3/c1-17(2)13-20(27-9-11-31-12-10-27)15-24-23(30)25-19-5-6-21-18(14-19)7-8-28(21)16-22(29)26(3)4/h5-8,14,17,20H,9-13,15-16H2,1-4H3,(H2,24,25,30). The lowest BCUT2D eigenvalue weighted by molar-refractivity contribution is -0.129. The summed E-state index contributed by atoms with van der Waals surface area (Å²) >= 11 is 0. The number of likely N-dealkylation sites (N-methyl/N-ethyl adjacent to an activating group) is 1. The smallest absolute Gasteiger partial charge is 0.319 e. The highest BCUT2D eigenvalue weighted by Crippen LogP contribution is 2.21. The first-order valence-corrected chi connectivity index (χ1v) is 11.0. The molecule has 1 saturated heterocycles. The van der Waals surface area contributed by atoms with E-state index in [-0.39, 0.29) is 11.9 Å². The van der Waals surface area contributed by atoms with E-state index in [9.17, 15) is 9.59 Å². The zero-order valence-electron chi connectivity index (χ0n) is 19.1. The number of fused-ring (bicyclic) bond motifs is 1. The SMILES string of the molecule is CC(C)CC(CNC(=O)Nc1ccc2c(ccn2CC(=O)N(C)C)c1)N1CCOCC1. The quantitative estimate of drug-likeness (QED) is 0.676. The molecule has 1 aliphatic rings. The molecule has 31 heavy (non-hydrogen) atoms. The molecule has 2 N–H and O–H groups in total. The van der Waals surface area contributed by atoms with Gasteiger partial charge >= 0.3 is 6.03 Å². The molecular formula is C23H35N5O3. The number of morpholine rings is 1. The van der Waals surface area contributed by atoms with Gasteiger partial charge in [0.1, 0.15) is 6.54 Å². The third-order valence-electron chi connectivity index (χ3n) is 5.64. The summed E-state index contributed by atoms with van der Waals surface area (Å²) in [4.78, 5) is 28.5. The molecule has 0 radical (unpaired) electrons. The monoisotopic (exact) mass is 429 g/mol. The van der Waals surface area contributed by atoms with E-state index in [0.29, 0.717) is 25.0 Å². The first-order chi connectivity index (χ1) is 14.8. The zero-order chi connectivity index (χ0) is 22.4. The van der Waals surface area contributed by atoms with Gasteiger partial charge in [-0.15, -0.1) is 0 Å². The topological polar surface area (TPSA) is 78.8 Å². The number of anilines is 1. The molecule has 2 heterocycles. The minimum atomic E-state index is -0.205. The van der Waals surface area contributed by atoms with E-state index in [1.54, 1.807) is 19.0 Å². The van der Waals surface area contributed by atoms with Crippen LogP contribution in [0.2, 0.25) is 0 Å². The van der Waals surface area contributed by atoms with E-state index in [1.807, 2.05) is 35.0 Å². The Kier molecular flexibility index (Phi) is 7.92. The highest BCUT2D eigenvalue weighted by Gasteiger charge is 2.22. The number of hydrogen-bond acceptors (Lipinski definition) is 4. The molecule has 2 aromatic rings. The van der Waals surface area contributed by atoms with Crippen molar-refractivity contribution in [2.75, 3.05) is 52.3 Å². The minimum Gasteiger partial charge on any atom is -0.379 e. The van der Waals surface area contributed by atoms with Crippen LogP contribution in [0.3, 0.4) is 0 Å². The summed E-state index contributed by atoms with van der Waals surface area (Å²) in [5.74, 6) is 0.596. The van der Waals surface area contributed by atoms with E-state index in [1.165, 1.54) is 0 Å². The molecule has 8 nitrogen and oxygen atoms in total. The van der Waals surface area contributed by atoms with Gasteiger partial charge < -0.3 is 24.8 Å². The number of aromatic nitrogens is 1. The summed E-state index contributed by atoms with van der Waals surface area (Å²) in [6, 6.07) is 7.79. The lowest BCUT2D eigenvalue weighted by Crippen LogP contribution is -2.49. The van der Waals surface area contributed by atoms with Gasteiger partial charge in [-0.2, -0.15) is 0 Å². The van der Waals surface area contributed by atoms with Gasteiger partial charge in [0.2, 0.25) is 5.91 Å². The number of ether oxygens (including phenoxy) is 1. The molecule has 8 heteroatoms. The molecule has 1 unspecified atom stereocenters. The second kappa shape index (κ2) is 10.6. The molecule has 0 saturated carbocycles. The van der Waals surface area contributed by atoms with Crippen LogP contribution in [0.5, 0.6) is 0 Å². The molecule has 1 aliphatic heterocycles. The van der Waals surface area contributed by atoms with Gasteiger partial charge in [0, 0.05) is 62.6 Å². The fourth-order valence-corrected chi connectivity index (χ4v) is 3.94. The number of carbonyl (C=O) groups is 2. The largest absolute Gasteiger partial charge is 0.379 e. The Balaban J connectivity index is 1.58. The predicted octanol–water partition coefficient (Wildman–Crippen LogP) is 2.60. The van der Waals surface area contributed by atoms with Crippen molar-refractivity contribution in [3.63, 3.8) is 0 Å². The van der Waals surface area contributed by atoms with E-state index in [2.05, 4.69) is 29.4 Å². The Morgan fingerprint density at radius 1 is 1.16 bits per heavy atom. The lowest BCUT2D eigenvalue weighted by Gasteiger charge is -2.35. The molecule has 1 aromatic heterocycles. The average molecular weight is 430 g/mol. The second-order valence-electron chi connectivity index (χ2n) is 8.77. The lowest BCUT2D eigenvalue weighted by atomic mass is 10.0. The highest BCUT2D eigenvalue weighted by atomic mass is 16.5. The molecule has 0 aliphatic carbocycles. The van der Waals surface area contributed by atoms with Gasteiger partial charge in [0.15, 0.2) is 0 Å². The number of hydrogen-bond donors (Lipinski definition) is 2. The van der Waals surface area contributed by atoms with E-state index >= 15 is 0 Å². The molecule has 0 bridgehead atoms. The number of urea groups is 1. The van der Waals surface area contributed by atoms with Crippen LogP contribution in [0.1, 0.15) is 20.3 Å². The fraction of sp³-hybridized carbons (Fsp3) is 0.565. The first-order valence-electron chi connectivity index (χ1n) is 11.0. The van der Waals surface area contributed by atoms with Crippen molar-refractivity contribution in [1.82, 2.24) is 19.7 Å². The van der Waals surface area contributed by atoms with E-state index in [4.69, 9.17) is 4.74 Å². The predicted molar refractivity (Wildman–Crippen MR) is 123 cm³/mol. The van der Waals surface area contributed by atoms with Gasteiger partial charge in [0.05, 0.1) is 13.2 Å². The minimum absolute atomic E-state index is 0.0373. The number of nitrogens with one attached hydrogen (secondary N) is 2. The van der Waals surface area contributed by atoms with Crippen LogP contribution in [0.25, 0.3) is 10.9 Å². The Hall–Kier alpha value is -2.58. The van der Waals surface area contributed by atoms with Crippen LogP contribution < -0.4 is 10.6 Å². The number of rotatable bonds is 8. The first kappa shape index (κ1) is 23.1. The van der Waals surface area contributed by atoms with Crippen molar-refractivity contribution in [3.05, 3.63) is 30.5 Å². The summed E-state index contributed by atoms with van der Waals surface area (Å²) in [5.41, 5.74) is 1.69. The Bertz CT molecular complexity index is 886. The zero-order valence-corrected chi connectivity index (χ0v) is 19.1. The molecule has 1 atom stereocenters. The maximum Gasteiger partial charge on any atom is 0.319 e. The third kappa shape index (κ3) is 6.45. The summed E-state index contributed by atoms with van der Waals surface area (Å²) in [7, 11) is 3.50. The van der Waals surface area contributed by atoms with E-state index < -0.39 is 0 Å². The Labute approximate surface area is 184 Å². The number of benzene rings is 1. The second-order valence-corrected chi connectivity index (χ2v) is 8.77. The van der Waals surface area contributed by atoms with Crippen LogP contribution in [0.15, 0.2) is 30.5 Å². The molecule has 1 fully saturated rings. The van der Waals surface area contributed by atoms with Crippen molar-refractivity contribution in [2.45, 2.75) is 32.9 Å². The number of carbonyl (C=O) groups excluding carboxylic acids is 2. The van der Waals surface area contributed by atoms with Gasteiger partial charge in [0.25, 0.3) is 0 Å². The van der Waals surface area contributed by atoms with Gasteiger partial charge in [-0.25, -0.2) is 4.79 Å². The van der Waals surface area contributed by atoms with Gasteiger partial charge in [-0.3, -0.25) is 9.69 Å². The molecule has 170 valence electrons. The molecule has 1 aromatic carbocycles. The van der Waals surface area contributed by atoms with Crippen molar-refractivity contribution >= 4 is 28.5 Å². The molecular weight excluding hydrogens is 394 g/mol.